The van der Waals surface area contributed by atoms with Crippen LogP contribution in [0.5, 0.6) is 0 Å². The Morgan fingerprint density at radius 1 is 0.935 bits per heavy atom. The van der Waals surface area contributed by atoms with Crippen LogP contribution < -0.4 is 15.5 Å². The summed E-state index contributed by atoms with van der Waals surface area (Å²) in [5.74, 6) is 0.0208. The lowest BCUT2D eigenvalue weighted by Gasteiger charge is -2.35. The number of carbonyl (C=O) groups excluding carboxylic acids is 2. The Kier molecular flexibility index (Phi) is 6.99. The van der Waals surface area contributed by atoms with Crippen LogP contribution in [0.25, 0.3) is 0 Å². The minimum Gasteiger partial charge on any atom is -0.371 e. The molecule has 1 aliphatic heterocycles. The number of thiophene rings is 1. The van der Waals surface area contributed by atoms with Crippen molar-refractivity contribution in [1.29, 1.82) is 0 Å². The highest BCUT2D eigenvalue weighted by Crippen LogP contribution is 2.24. The molecule has 0 radical (unpaired) electrons. The Morgan fingerprint density at radius 3 is 2.42 bits per heavy atom. The normalized spacial score (nSPS) is 14.3. The van der Waals surface area contributed by atoms with Gasteiger partial charge in [0.05, 0.1) is 12.0 Å². The van der Waals surface area contributed by atoms with E-state index in [1.165, 1.54) is 0 Å². The summed E-state index contributed by atoms with van der Waals surface area (Å²) < 4.78 is 0. The van der Waals surface area contributed by atoms with E-state index in [1.54, 1.807) is 11.3 Å². The van der Waals surface area contributed by atoms with Crippen LogP contribution in [-0.2, 0) is 17.8 Å². The molecule has 5 nitrogen and oxygen atoms in total. The molecule has 31 heavy (non-hydrogen) atoms. The van der Waals surface area contributed by atoms with Crippen LogP contribution in [0.2, 0.25) is 0 Å². The molecule has 3 aromatic rings. The molecule has 2 heterocycles. The van der Waals surface area contributed by atoms with Crippen molar-refractivity contribution in [2.24, 2.45) is 0 Å². The fraction of sp³-hybridized carbons (Fsp3) is 0.280. The third-order valence-electron chi connectivity index (χ3n) is 5.56. The Labute approximate surface area is 187 Å². The first-order chi connectivity index (χ1) is 15.2. The van der Waals surface area contributed by atoms with Gasteiger partial charge in [-0.3, -0.25) is 9.59 Å². The lowest BCUT2D eigenvalue weighted by molar-refractivity contribution is -0.121. The van der Waals surface area contributed by atoms with E-state index < -0.39 is 0 Å². The van der Waals surface area contributed by atoms with Crippen molar-refractivity contribution in [3.63, 3.8) is 0 Å². The topological polar surface area (TPSA) is 61.4 Å². The standard InChI is InChI=1S/C25H27N3O2S/c29-24(17-21-9-6-16-31-21)27-20-12-14-28(15-13-20)23-11-5-4-10-22(23)25(30)26-18-19-7-2-1-3-8-19/h1-11,16,20H,12-15,17-18H2,(H,26,30)(H,27,29). The lowest BCUT2D eigenvalue weighted by atomic mass is 10.0. The van der Waals surface area contributed by atoms with Gasteiger partial charge in [0.25, 0.3) is 5.91 Å². The van der Waals surface area contributed by atoms with Crippen LogP contribution in [0.4, 0.5) is 5.69 Å². The smallest absolute Gasteiger partial charge is 0.253 e. The summed E-state index contributed by atoms with van der Waals surface area (Å²) in [6, 6.07) is 21.8. The van der Waals surface area contributed by atoms with Crippen LogP contribution in [0, 0.1) is 0 Å². The van der Waals surface area contributed by atoms with Gasteiger partial charge in [0, 0.05) is 36.2 Å². The van der Waals surface area contributed by atoms with Gasteiger partial charge >= 0.3 is 0 Å². The van der Waals surface area contributed by atoms with E-state index in [9.17, 15) is 9.59 Å². The maximum atomic E-state index is 12.8. The van der Waals surface area contributed by atoms with E-state index in [0.717, 1.165) is 42.1 Å². The molecule has 1 saturated heterocycles. The van der Waals surface area contributed by atoms with Gasteiger partial charge in [-0.2, -0.15) is 0 Å². The Bertz CT molecular complexity index is 997. The zero-order valence-corrected chi connectivity index (χ0v) is 18.2. The molecule has 1 aromatic heterocycles. The van der Waals surface area contributed by atoms with Crippen molar-refractivity contribution in [2.45, 2.75) is 31.8 Å². The molecule has 2 amide bonds. The summed E-state index contributed by atoms with van der Waals surface area (Å²) in [7, 11) is 0. The molecule has 0 unspecified atom stereocenters. The SMILES string of the molecule is O=C(Cc1cccs1)NC1CCN(c2ccccc2C(=O)NCc2ccccc2)CC1. The lowest BCUT2D eigenvalue weighted by Crippen LogP contribution is -2.45. The summed E-state index contributed by atoms with van der Waals surface area (Å²) in [6.07, 6.45) is 2.19. The first kappa shape index (κ1) is 21.1. The number of hydrogen-bond donors (Lipinski definition) is 2. The van der Waals surface area contributed by atoms with Crippen LogP contribution in [0.3, 0.4) is 0 Å². The van der Waals surface area contributed by atoms with Crippen LogP contribution >= 0.6 is 11.3 Å². The van der Waals surface area contributed by atoms with E-state index >= 15 is 0 Å². The van der Waals surface area contributed by atoms with Crippen molar-refractivity contribution < 1.29 is 9.59 Å². The summed E-state index contributed by atoms with van der Waals surface area (Å²) >= 11 is 1.61. The van der Waals surface area contributed by atoms with Crippen molar-refractivity contribution in [1.82, 2.24) is 10.6 Å². The summed E-state index contributed by atoms with van der Waals surface area (Å²) in [4.78, 5) is 28.5. The molecule has 0 spiro atoms. The van der Waals surface area contributed by atoms with Gasteiger partial charge in [-0.25, -0.2) is 0 Å². The predicted molar refractivity (Wildman–Crippen MR) is 125 cm³/mol. The van der Waals surface area contributed by atoms with Crippen LogP contribution in [0.15, 0.2) is 72.1 Å². The molecule has 1 fully saturated rings. The van der Waals surface area contributed by atoms with E-state index in [2.05, 4.69) is 15.5 Å². The Morgan fingerprint density at radius 2 is 1.68 bits per heavy atom. The third kappa shape index (κ3) is 5.73. The molecule has 0 bridgehead atoms. The number of para-hydroxylation sites is 1. The molecule has 4 rings (SSSR count). The summed E-state index contributed by atoms with van der Waals surface area (Å²) in [5, 5.41) is 8.19. The molecule has 6 heteroatoms. The molecule has 1 aliphatic rings. The molecule has 2 aromatic carbocycles. The van der Waals surface area contributed by atoms with Gasteiger partial charge in [0.1, 0.15) is 0 Å². The first-order valence-electron chi connectivity index (χ1n) is 10.7. The maximum Gasteiger partial charge on any atom is 0.253 e. The predicted octanol–water partition coefficient (Wildman–Crippen LogP) is 4.01. The summed E-state index contributed by atoms with van der Waals surface area (Å²) in [5.41, 5.74) is 2.72. The number of carbonyl (C=O) groups is 2. The third-order valence-corrected chi connectivity index (χ3v) is 6.44. The highest BCUT2D eigenvalue weighted by atomic mass is 32.1. The highest BCUT2D eigenvalue weighted by molar-refractivity contribution is 7.10. The second kappa shape index (κ2) is 10.3. The number of benzene rings is 2. The number of rotatable bonds is 7. The zero-order chi connectivity index (χ0) is 21.5. The largest absolute Gasteiger partial charge is 0.371 e. The van der Waals surface area contributed by atoms with Gasteiger partial charge in [0.2, 0.25) is 5.91 Å². The van der Waals surface area contributed by atoms with Gasteiger partial charge in [-0.15, -0.1) is 11.3 Å². The molecule has 2 N–H and O–H groups in total. The Balaban J connectivity index is 1.32. The fourth-order valence-electron chi connectivity index (χ4n) is 3.93. The molecule has 160 valence electrons. The molecule has 0 atom stereocenters. The van der Waals surface area contributed by atoms with Crippen molar-refractivity contribution in [3.8, 4) is 0 Å². The maximum absolute atomic E-state index is 12.8. The van der Waals surface area contributed by atoms with E-state index in [4.69, 9.17) is 0 Å². The number of amides is 2. The number of nitrogens with zero attached hydrogens (tertiary/aromatic N) is 1. The van der Waals surface area contributed by atoms with E-state index in [-0.39, 0.29) is 17.9 Å². The zero-order valence-electron chi connectivity index (χ0n) is 17.4. The second-order valence-corrected chi connectivity index (χ2v) is 8.80. The monoisotopic (exact) mass is 433 g/mol. The average molecular weight is 434 g/mol. The number of hydrogen-bond acceptors (Lipinski definition) is 4. The quantitative estimate of drug-likeness (QED) is 0.592. The van der Waals surface area contributed by atoms with E-state index in [0.29, 0.717) is 18.5 Å². The van der Waals surface area contributed by atoms with Crippen LogP contribution in [0.1, 0.15) is 33.6 Å². The number of piperidine rings is 1. The molecular formula is C25H27N3O2S. The van der Waals surface area contributed by atoms with Crippen molar-refractivity contribution in [2.75, 3.05) is 18.0 Å². The second-order valence-electron chi connectivity index (χ2n) is 7.77. The molecular weight excluding hydrogens is 406 g/mol. The highest BCUT2D eigenvalue weighted by Gasteiger charge is 2.23. The van der Waals surface area contributed by atoms with Gasteiger partial charge in [-0.1, -0.05) is 48.5 Å². The number of nitrogens with one attached hydrogen (secondary N) is 2. The molecule has 0 saturated carbocycles. The van der Waals surface area contributed by atoms with E-state index in [1.807, 2.05) is 72.1 Å². The fourth-order valence-corrected chi connectivity index (χ4v) is 4.63. The van der Waals surface area contributed by atoms with Gasteiger partial charge < -0.3 is 15.5 Å². The number of anilines is 1. The van der Waals surface area contributed by atoms with Crippen molar-refractivity contribution in [3.05, 3.63) is 88.1 Å². The van der Waals surface area contributed by atoms with Crippen LogP contribution in [-0.4, -0.2) is 30.9 Å². The molecule has 0 aliphatic carbocycles. The van der Waals surface area contributed by atoms with Gasteiger partial charge in [0.15, 0.2) is 0 Å². The van der Waals surface area contributed by atoms with Gasteiger partial charge in [-0.05, 0) is 42.0 Å². The Hall–Kier alpha value is -3.12. The van der Waals surface area contributed by atoms with Crippen molar-refractivity contribution >= 4 is 28.8 Å². The minimum atomic E-state index is -0.0640. The average Bonchev–Trinajstić information content (AvgIpc) is 3.31. The summed E-state index contributed by atoms with van der Waals surface area (Å²) in [6.45, 7) is 2.13. The first-order valence-corrected chi connectivity index (χ1v) is 11.5. The minimum absolute atomic E-state index is 0.0640.